The molecule has 9 nitrogen and oxygen atoms in total. The zero-order valence-corrected chi connectivity index (χ0v) is 17.3. The average molecular weight is 404 g/mol. The number of benzene rings is 1. The third-order valence-corrected chi connectivity index (χ3v) is 4.95. The molecule has 0 aliphatic carbocycles. The van der Waals surface area contributed by atoms with E-state index in [4.69, 9.17) is 4.74 Å². The fourth-order valence-electron chi connectivity index (χ4n) is 3.33. The van der Waals surface area contributed by atoms with Gasteiger partial charge in [0.2, 0.25) is 11.8 Å². The Balaban J connectivity index is 2.06. The Hall–Kier alpha value is -3.10. The normalized spacial score (nSPS) is 18.4. The first-order chi connectivity index (χ1) is 13.7. The Morgan fingerprint density at radius 3 is 2.48 bits per heavy atom. The number of methoxy groups -OCH3 is 1. The molecule has 3 N–H and O–H groups in total. The number of aryl methyl sites for hydroxylation is 1. The van der Waals surface area contributed by atoms with Crippen molar-refractivity contribution < 1.29 is 23.9 Å². The van der Waals surface area contributed by atoms with E-state index < -0.39 is 23.4 Å². The van der Waals surface area contributed by atoms with E-state index in [1.807, 2.05) is 19.9 Å². The van der Waals surface area contributed by atoms with Crippen molar-refractivity contribution in [1.29, 1.82) is 0 Å². The Kier molecular flexibility index (Phi) is 7.19. The van der Waals surface area contributed by atoms with Gasteiger partial charge in [-0.1, -0.05) is 13.0 Å². The van der Waals surface area contributed by atoms with Gasteiger partial charge in [0.15, 0.2) is 0 Å². The molecule has 1 heterocycles. The second-order valence-electron chi connectivity index (χ2n) is 6.95. The van der Waals surface area contributed by atoms with Crippen LogP contribution in [0.1, 0.15) is 37.8 Å². The van der Waals surface area contributed by atoms with E-state index in [0.29, 0.717) is 37.2 Å². The second-order valence-corrected chi connectivity index (χ2v) is 6.95. The molecule has 0 bridgehead atoms. The summed E-state index contributed by atoms with van der Waals surface area (Å²) < 4.78 is 5.26. The molecule has 1 aromatic rings. The van der Waals surface area contributed by atoms with Crippen LogP contribution in [0.2, 0.25) is 0 Å². The van der Waals surface area contributed by atoms with Crippen LogP contribution >= 0.6 is 0 Å². The number of rotatable bonds is 9. The van der Waals surface area contributed by atoms with E-state index in [0.717, 1.165) is 10.5 Å². The fraction of sp³-hybridized carbons (Fsp3) is 0.500. The lowest BCUT2D eigenvalue weighted by Crippen LogP contribution is -2.45. The van der Waals surface area contributed by atoms with Crippen LogP contribution in [-0.2, 0) is 19.9 Å². The lowest BCUT2D eigenvalue weighted by atomic mass is 9.86. The van der Waals surface area contributed by atoms with Crippen LogP contribution in [0.25, 0.3) is 0 Å². The number of carbonyl (C=O) groups is 4. The van der Waals surface area contributed by atoms with Gasteiger partial charge in [-0.2, -0.15) is 0 Å². The highest BCUT2D eigenvalue weighted by Gasteiger charge is 2.51. The molecule has 1 fully saturated rings. The van der Waals surface area contributed by atoms with E-state index in [1.165, 1.54) is 6.92 Å². The van der Waals surface area contributed by atoms with Crippen molar-refractivity contribution in [3.8, 4) is 5.75 Å². The van der Waals surface area contributed by atoms with Gasteiger partial charge in [0.25, 0.3) is 5.91 Å². The number of urea groups is 1. The molecule has 2 rings (SSSR count). The highest BCUT2D eigenvalue weighted by Crippen LogP contribution is 2.34. The molecule has 9 heteroatoms. The zero-order chi connectivity index (χ0) is 21.6. The van der Waals surface area contributed by atoms with E-state index in [-0.39, 0.29) is 12.5 Å². The molecule has 1 aliphatic heterocycles. The van der Waals surface area contributed by atoms with Gasteiger partial charge >= 0.3 is 6.03 Å². The van der Waals surface area contributed by atoms with Gasteiger partial charge in [-0.15, -0.1) is 0 Å². The predicted octanol–water partition coefficient (Wildman–Crippen LogP) is 0.803. The van der Waals surface area contributed by atoms with Crippen LogP contribution in [0.4, 0.5) is 4.79 Å². The number of ether oxygens (including phenoxy) is 1. The van der Waals surface area contributed by atoms with Crippen molar-refractivity contribution in [3.05, 3.63) is 29.3 Å². The highest BCUT2D eigenvalue weighted by molar-refractivity contribution is 6.09. The zero-order valence-electron chi connectivity index (χ0n) is 17.3. The minimum Gasteiger partial charge on any atom is -0.496 e. The summed E-state index contributed by atoms with van der Waals surface area (Å²) in [6.07, 6.45) is 0.896. The second kappa shape index (κ2) is 9.40. The molecule has 1 aliphatic rings. The van der Waals surface area contributed by atoms with Crippen molar-refractivity contribution >= 4 is 23.8 Å². The van der Waals surface area contributed by atoms with E-state index in [2.05, 4.69) is 16.0 Å². The summed E-state index contributed by atoms with van der Waals surface area (Å²) in [6, 6.07) is 4.72. The summed E-state index contributed by atoms with van der Waals surface area (Å²) >= 11 is 0. The molecule has 1 saturated heterocycles. The number of carbonyl (C=O) groups excluding carboxylic acids is 4. The minimum absolute atomic E-state index is 0.139. The largest absolute Gasteiger partial charge is 0.496 e. The maximum Gasteiger partial charge on any atom is 0.325 e. The third-order valence-electron chi connectivity index (χ3n) is 4.95. The average Bonchev–Trinajstić information content (AvgIpc) is 2.92. The van der Waals surface area contributed by atoms with Crippen LogP contribution in [0.5, 0.6) is 5.75 Å². The van der Waals surface area contributed by atoms with Gasteiger partial charge in [-0.3, -0.25) is 19.3 Å². The summed E-state index contributed by atoms with van der Waals surface area (Å²) in [6.45, 7) is 5.50. The number of hydrogen-bond donors (Lipinski definition) is 3. The molecular formula is C20H28N4O5. The molecule has 1 unspecified atom stereocenters. The first-order valence-corrected chi connectivity index (χ1v) is 9.55. The molecule has 158 valence electrons. The van der Waals surface area contributed by atoms with Gasteiger partial charge in [-0.25, -0.2) is 4.79 Å². The van der Waals surface area contributed by atoms with Crippen molar-refractivity contribution in [3.63, 3.8) is 0 Å². The minimum atomic E-state index is -1.21. The standard InChI is InChI=1S/C20H28N4O5/c1-5-20(15-7-8-16(29-4)13(2)11-15)18(27)24(19(28)23-20)12-17(26)22-10-6-9-21-14(3)25/h7-8,11H,5-6,9-10,12H2,1-4H3,(H,21,25)(H,22,26)(H,23,28). The molecule has 1 atom stereocenters. The molecular weight excluding hydrogens is 376 g/mol. The summed E-state index contributed by atoms with van der Waals surface area (Å²) in [4.78, 5) is 49.5. The summed E-state index contributed by atoms with van der Waals surface area (Å²) in [5.41, 5.74) is 0.282. The lowest BCUT2D eigenvalue weighted by molar-refractivity contribution is -0.135. The lowest BCUT2D eigenvalue weighted by Gasteiger charge is -2.26. The Morgan fingerprint density at radius 1 is 1.21 bits per heavy atom. The summed E-state index contributed by atoms with van der Waals surface area (Å²) in [5.74, 6) is -0.343. The Labute approximate surface area is 170 Å². The number of nitrogens with zero attached hydrogens (tertiary/aromatic N) is 1. The van der Waals surface area contributed by atoms with Gasteiger partial charge in [-0.05, 0) is 43.0 Å². The molecule has 0 radical (unpaired) electrons. The predicted molar refractivity (Wildman–Crippen MR) is 106 cm³/mol. The summed E-state index contributed by atoms with van der Waals surface area (Å²) in [5, 5.41) is 8.04. The number of nitrogens with one attached hydrogen (secondary N) is 3. The van der Waals surface area contributed by atoms with Gasteiger partial charge < -0.3 is 20.7 Å². The first-order valence-electron chi connectivity index (χ1n) is 9.55. The van der Waals surface area contributed by atoms with Gasteiger partial charge in [0.1, 0.15) is 17.8 Å². The smallest absolute Gasteiger partial charge is 0.325 e. The highest BCUT2D eigenvalue weighted by atomic mass is 16.5. The molecule has 5 amide bonds. The van der Waals surface area contributed by atoms with Crippen LogP contribution in [0.3, 0.4) is 0 Å². The Bertz CT molecular complexity index is 810. The van der Waals surface area contributed by atoms with Crippen LogP contribution in [0, 0.1) is 6.92 Å². The van der Waals surface area contributed by atoms with Crippen LogP contribution in [0.15, 0.2) is 18.2 Å². The van der Waals surface area contributed by atoms with Crippen molar-refractivity contribution in [1.82, 2.24) is 20.9 Å². The SMILES string of the molecule is CCC1(c2ccc(OC)c(C)c2)NC(=O)N(CC(=O)NCCCNC(C)=O)C1=O. The van der Waals surface area contributed by atoms with Crippen molar-refractivity contribution in [2.75, 3.05) is 26.7 Å². The van der Waals surface area contributed by atoms with Crippen LogP contribution in [-0.4, -0.2) is 55.4 Å². The number of hydrogen-bond acceptors (Lipinski definition) is 5. The quantitative estimate of drug-likeness (QED) is 0.416. The van der Waals surface area contributed by atoms with Gasteiger partial charge in [0, 0.05) is 20.0 Å². The van der Waals surface area contributed by atoms with E-state index in [9.17, 15) is 19.2 Å². The van der Waals surface area contributed by atoms with Crippen molar-refractivity contribution in [2.45, 2.75) is 39.2 Å². The molecule has 1 aromatic carbocycles. The monoisotopic (exact) mass is 404 g/mol. The van der Waals surface area contributed by atoms with E-state index >= 15 is 0 Å². The molecule has 0 aromatic heterocycles. The van der Waals surface area contributed by atoms with Crippen LogP contribution < -0.4 is 20.7 Å². The van der Waals surface area contributed by atoms with Crippen molar-refractivity contribution in [2.24, 2.45) is 0 Å². The van der Waals surface area contributed by atoms with E-state index in [1.54, 1.807) is 19.2 Å². The maximum absolute atomic E-state index is 13.1. The molecule has 0 spiro atoms. The fourth-order valence-corrected chi connectivity index (χ4v) is 3.33. The molecule has 29 heavy (non-hydrogen) atoms. The maximum atomic E-state index is 13.1. The summed E-state index contributed by atoms with van der Waals surface area (Å²) in [7, 11) is 1.57. The number of amides is 5. The molecule has 0 saturated carbocycles. The topological polar surface area (TPSA) is 117 Å². The van der Waals surface area contributed by atoms with Gasteiger partial charge in [0.05, 0.1) is 7.11 Å². The Morgan fingerprint density at radius 2 is 1.90 bits per heavy atom. The number of imide groups is 1. The first kappa shape index (κ1) is 22.2. The third kappa shape index (κ3) is 4.85.